The van der Waals surface area contributed by atoms with Crippen molar-refractivity contribution in [2.75, 3.05) is 0 Å². The first-order valence-corrected chi connectivity index (χ1v) is 3.34. The molecule has 0 heterocycles. The minimum absolute atomic E-state index is 0.628. The summed E-state index contributed by atoms with van der Waals surface area (Å²) in [5, 5.41) is 0. The van der Waals surface area contributed by atoms with E-state index < -0.39 is 35.7 Å². The number of hydrogen-bond acceptors (Lipinski definition) is 1. The van der Waals surface area contributed by atoms with Crippen LogP contribution in [0.4, 0.5) is 43.9 Å². The Bertz CT molecular complexity index is 341. The Morgan fingerprint density at radius 3 is 1.29 bits per heavy atom. The fourth-order valence-corrected chi connectivity index (χ4v) is 0.635. The van der Waals surface area contributed by atoms with Crippen LogP contribution in [0.25, 0.3) is 0 Å². The Balaban J connectivity index is 5.81. The van der Waals surface area contributed by atoms with Crippen LogP contribution in [0.2, 0.25) is 0 Å². The predicted molar refractivity (Wildman–Crippen MR) is 31.2 cm³/mol. The van der Waals surface area contributed by atoms with Gasteiger partial charge in [-0.25, -0.2) is 4.79 Å². The molecule has 0 aliphatic carbocycles. The zero-order valence-electron chi connectivity index (χ0n) is 7.19. The summed E-state index contributed by atoms with van der Waals surface area (Å²) in [7, 11) is 0. The quantitative estimate of drug-likeness (QED) is 0.560. The summed E-state index contributed by atoms with van der Waals surface area (Å²) in [5.74, 6) is -14.4. The SMILES string of the molecule is O=C=C(C(F)(F)F)C(F)(F)C(F)(F)C(F)(F)F. The van der Waals surface area contributed by atoms with Crippen LogP contribution in [0.15, 0.2) is 5.57 Å². The fourth-order valence-electron chi connectivity index (χ4n) is 0.635. The Morgan fingerprint density at radius 2 is 1.12 bits per heavy atom. The van der Waals surface area contributed by atoms with Crippen molar-refractivity contribution < 1.29 is 48.7 Å². The second-order valence-electron chi connectivity index (χ2n) is 2.62. The molecule has 17 heavy (non-hydrogen) atoms. The van der Waals surface area contributed by atoms with Crippen molar-refractivity contribution in [2.45, 2.75) is 24.2 Å². The van der Waals surface area contributed by atoms with E-state index in [1.807, 2.05) is 0 Å². The first-order valence-electron chi connectivity index (χ1n) is 3.34. The molecule has 0 fully saturated rings. The lowest BCUT2D eigenvalue weighted by molar-refractivity contribution is -0.350. The summed E-state index contributed by atoms with van der Waals surface area (Å²) in [6.45, 7) is 0. The van der Waals surface area contributed by atoms with E-state index in [-0.39, 0.29) is 0 Å². The van der Waals surface area contributed by atoms with E-state index in [1.165, 1.54) is 0 Å². The lowest BCUT2D eigenvalue weighted by Crippen LogP contribution is -2.55. The second kappa shape index (κ2) is 3.90. The molecule has 0 unspecified atom stereocenters. The third-order valence-corrected chi connectivity index (χ3v) is 1.45. The molecule has 0 saturated carbocycles. The van der Waals surface area contributed by atoms with E-state index in [0.717, 1.165) is 0 Å². The van der Waals surface area contributed by atoms with Crippen LogP contribution in [-0.2, 0) is 4.79 Å². The number of hydrogen-bond donors (Lipinski definition) is 0. The number of carbonyl (C=O) groups excluding carboxylic acids is 1. The molecule has 0 aromatic carbocycles. The van der Waals surface area contributed by atoms with Crippen molar-refractivity contribution in [3.63, 3.8) is 0 Å². The van der Waals surface area contributed by atoms with Crippen molar-refractivity contribution >= 4 is 5.94 Å². The van der Waals surface area contributed by atoms with Crippen molar-refractivity contribution in [2.24, 2.45) is 0 Å². The topological polar surface area (TPSA) is 17.1 Å². The van der Waals surface area contributed by atoms with Gasteiger partial charge >= 0.3 is 24.2 Å². The van der Waals surface area contributed by atoms with E-state index in [2.05, 4.69) is 0 Å². The molecule has 0 aliphatic heterocycles. The minimum atomic E-state index is -7.04. The molecule has 0 bridgehead atoms. The maximum Gasteiger partial charge on any atom is 0.460 e. The predicted octanol–water partition coefficient (Wildman–Crippen LogP) is 3.14. The minimum Gasteiger partial charge on any atom is -0.233 e. The van der Waals surface area contributed by atoms with E-state index in [9.17, 15) is 48.7 Å². The number of alkyl halides is 10. The van der Waals surface area contributed by atoms with E-state index in [1.54, 1.807) is 0 Å². The van der Waals surface area contributed by atoms with Crippen molar-refractivity contribution in [1.29, 1.82) is 0 Å². The van der Waals surface area contributed by atoms with Gasteiger partial charge in [0.05, 0.1) is 0 Å². The molecule has 11 heteroatoms. The summed E-state index contributed by atoms with van der Waals surface area (Å²) in [6, 6.07) is 0. The summed E-state index contributed by atoms with van der Waals surface area (Å²) in [5.41, 5.74) is -3.92. The lowest BCUT2D eigenvalue weighted by Gasteiger charge is -2.28. The van der Waals surface area contributed by atoms with Crippen LogP contribution in [0, 0.1) is 0 Å². The first kappa shape index (κ1) is 15.8. The monoisotopic (exact) mass is 278 g/mol. The van der Waals surface area contributed by atoms with Crippen LogP contribution < -0.4 is 0 Å². The van der Waals surface area contributed by atoms with Gasteiger partial charge in [0.25, 0.3) is 0 Å². The second-order valence-corrected chi connectivity index (χ2v) is 2.62. The van der Waals surface area contributed by atoms with Gasteiger partial charge in [0.2, 0.25) is 0 Å². The van der Waals surface area contributed by atoms with Crippen molar-refractivity contribution in [3.8, 4) is 0 Å². The highest BCUT2D eigenvalue weighted by Crippen LogP contribution is 2.52. The lowest BCUT2D eigenvalue weighted by atomic mass is 10.0. The number of allylic oxidation sites excluding steroid dienone is 1. The fraction of sp³-hybridized carbons (Fsp3) is 0.667. The maximum absolute atomic E-state index is 12.4. The molecule has 0 aliphatic rings. The average molecular weight is 278 g/mol. The molecule has 0 atom stereocenters. The zero-order valence-corrected chi connectivity index (χ0v) is 7.19. The van der Waals surface area contributed by atoms with Crippen LogP contribution in [0.3, 0.4) is 0 Å². The van der Waals surface area contributed by atoms with E-state index >= 15 is 0 Å². The van der Waals surface area contributed by atoms with Gasteiger partial charge in [-0.15, -0.1) is 0 Å². The third-order valence-electron chi connectivity index (χ3n) is 1.45. The van der Waals surface area contributed by atoms with Crippen molar-refractivity contribution in [1.82, 2.24) is 0 Å². The van der Waals surface area contributed by atoms with Crippen LogP contribution in [0.1, 0.15) is 0 Å². The molecule has 0 spiro atoms. The molecule has 0 radical (unpaired) electrons. The number of halogens is 10. The molecule has 100 valence electrons. The van der Waals surface area contributed by atoms with Gasteiger partial charge < -0.3 is 0 Å². The zero-order chi connectivity index (χ0) is 14.3. The standard InChI is InChI=1S/C6F10O/c7-3(8,2(1-17)4(9,10)11)5(12,13)6(14,15)16. The maximum atomic E-state index is 12.4. The highest BCUT2D eigenvalue weighted by molar-refractivity contribution is 5.58. The molecule has 1 nitrogen and oxygen atoms in total. The van der Waals surface area contributed by atoms with E-state index in [4.69, 9.17) is 0 Å². The third kappa shape index (κ3) is 2.54. The van der Waals surface area contributed by atoms with Gasteiger partial charge in [-0.05, 0) is 0 Å². The summed E-state index contributed by atoms with van der Waals surface area (Å²) in [6.07, 6.45) is -13.3. The van der Waals surface area contributed by atoms with Gasteiger partial charge in [-0.2, -0.15) is 43.9 Å². The molecule has 0 N–H and O–H groups in total. The van der Waals surface area contributed by atoms with Crippen LogP contribution >= 0.6 is 0 Å². The van der Waals surface area contributed by atoms with Crippen molar-refractivity contribution in [3.05, 3.63) is 5.57 Å². The van der Waals surface area contributed by atoms with E-state index in [0.29, 0.717) is 0 Å². The summed E-state index contributed by atoms with van der Waals surface area (Å²) >= 11 is 0. The molecule has 0 amide bonds. The van der Waals surface area contributed by atoms with Gasteiger partial charge in [-0.3, -0.25) is 0 Å². The van der Waals surface area contributed by atoms with Crippen LogP contribution in [0.5, 0.6) is 0 Å². The summed E-state index contributed by atoms with van der Waals surface area (Å²) < 4.78 is 118. The van der Waals surface area contributed by atoms with Gasteiger partial charge in [-0.1, -0.05) is 0 Å². The normalized spacial score (nSPS) is 14.5. The summed E-state index contributed by atoms with van der Waals surface area (Å²) in [4.78, 5) is 9.51. The van der Waals surface area contributed by atoms with Crippen LogP contribution in [-0.4, -0.2) is 30.1 Å². The Labute approximate surface area is 85.7 Å². The highest BCUT2D eigenvalue weighted by Gasteiger charge is 2.77. The first-order chi connectivity index (χ1) is 7.19. The largest absolute Gasteiger partial charge is 0.460 e. The molecule has 0 saturated heterocycles. The highest BCUT2D eigenvalue weighted by atomic mass is 19.4. The molecule has 0 aromatic rings. The number of rotatable bonds is 2. The molecule has 0 rings (SSSR count). The van der Waals surface area contributed by atoms with Gasteiger partial charge in [0, 0.05) is 0 Å². The van der Waals surface area contributed by atoms with Gasteiger partial charge in [0.15, 0.2) is 5.57 Å². The molecule has 0 aromatic heterocycles. The Morgan fingerprint density at radius 1 is 0.765 bits per heavy atom. The van der Waals surface area contributed by atoms with Gasteiger partial charge in [0.1, 0.15) is 5.94 Å². The Hall–Kier alpha value is -1.25. The molecular weight excluding hydrogens is 278 g/mol. The molecular formula is C6F10O. The smallest absolute Gasteiger partial charge is 0.233 e. The Kier molecular flexibility index (Phi) is 3.61. The average Bonchev–Trinajstić information content (AvgIpc) is 1.98.